The second-order valence-electron chi connectivity index (χ2n) is 4.18. The monoisotopic (exact) mass is 193 g/mol. The molecule has 1 aliphatic carbocycles. The van der Waals surface area contributed by atoms with Gasteiger partial charge in [-0.1, -0.05) is 0 Å². The molecule has 1 heterocycles. The maximum absolute atomic E-state index is 12.7. The van der Waals surface area contributed by atoms with E-state index >= 15 is 0 Å². The SMILES string of the molecule is FC(F)(F)C1(C2CCNCC2)CC1. The molecular weight excluding hydrogens is 179 g/mol. The van der Waals surface area contributed by atoms with Gasteiger partial charge in [-0.2, -0.15) is 13.2 Å². The van der Waals surface area contributed by atoms with Gasteiger partial charge in [0, 0.05) is 0 Å². The van der Waals surface area contributed by atoms with Crippen LogP contribution in [0.3, 0.4) is 0 Å². The lowest BCUT2D eigenvalue weighted by Crippen LogP contribution is -2.39. The summed E-state index contributed by atoms with van der Waals surface area (Å²) in [5.74, 6) is -0.117. The van der Waals surface area contributed by atoms with E-state index in [9.17, 15) is 13.2 Å². The molecule has 0 aromatic rings. The minimum absolute atomic E-state index is 0.117. The summed E-state index contributed by atoms with van der Waals surface area (Å²) in [6.45, 7) is 1.50. The molecule has 2 fully saturated rings. The zero-order valence-electron chi connectivity index (χ0n) is 7.45. The maximum Gasteiger partial charge on any atom is 0.394 e. The molecule has 1 saturated heterocycles. The van der Waals surface area contributed by atoms with Crippen molar-refractivity contribution in [3.63, 3.8) is 0 Å². The number of nitrogens with one attached hydrogen (secondary N) is 1. The Bertz CT molecular complexity index is 190. The van der Waals surface area contributed by atoms with Gasteiger partial charge in [0.05, 0.1) is 5.41 Å². The zero-order chi connectivity index (χ0) is 9.53. The van der Waals surface area contributed by atoms with Crippen molar-refractivity contribution in [1.82, 2.24) is 5.32 Å². The molecule has 0 atom stereocenters. The Balaban J connectivity index is 2.06. The summed E-state index contributed by atoms with van der Waals surface area (Å²) in [4.78, 5) is 0. The third kappa shape index (κ3) is 1.45. The molecule has 0 aromatic carbocycles. The van der Waals surface area contributed by atoms with Gasteiger partial charge in [0.1, 0.15) is 0 Å². The number of rotatable bonds is 1. The summed E-state index contributed by atoms with van der Waals surface area (Å²) in [6, 6.07) is 0. The predicted molar refractivity (Wildman–Crippen MR) is 43.3 cm³/mol. The molecule has 4 heteroatoms. The van der Waals surface area contributed by atoms with Crippen molar-refractivity contribution in [3.8, 4) is 0 Å². The van der Waals surface area contributed by atoms with Crippen molar-refractivity contribution in [1.29, 1.82) is 0 Å². The third-order valence-corrected chi connectivity index (χ3v) is 3.47. The van der Waals surface area contributed by atoms with Gasteiger partial charge in [-0.05, 0) is 44.7 Å². The highest BCUT2D eigenvalue weighted by molar-refractivity contribution is 5.04. The topological polar surface area (TPSA) is 12.0 Å². The highest BCUT2D eigenvalue weighted by Gasteiger charge is 2.66. The smallest absolute Gasteiger partial charge is 0.317 e. The normalized spacial score (nSPS) is 28.8. The average Bonchev–Trinajstić information content (AvgIpc) is 2.84. The van der Waals surface area contributed by atoms with Gasteiger partial charge in [-0.25, -0.2) is 0 Å². The summed E-state index contributed by atoms with van der Waals surface area (Å²) in [6.07, 6.45) is -1.85. The van der Waals surface area contributed by atoms with Crippen LogP contribution < -0.4 is 5.32 Å². The Morgan fingerprint density at radius 1 is 1.08 bits per heavy atom. The lowest BCUT2D eigenvalue weighted by molar-refractivity contribution is -0.205. The van der Waals surface area contributed by atoms with Gasteiger partial charge in [0.15, 0.2) is 0 Å². The second kappa shape index (κ2) is 2.87. The van der Waals surface area contributed by atoms with Gasteiger partial charge in [-0.15, -0.1) is 0 Å². The number of hydrogen-bond donors (Lipinski definition) is 1. The molecule has 2 aliphatic rings. The minimum atomic E-state index is -3.96. The third-order valence-electron chi connectivity index (χ3n) is 3.47. The number of halogens is 3. The molecule has 0 aromatic heterocycles. The quantitative estimate of drug-likeness (QED) is 0.674. The Kier molecular flexibility index (Phi) is 2.06. The minimum Gasteiger partial charge on any atom is -0.317 e. The van der Waals surface area contributed by atoms with Gasteiger partial charge in [-0.3, -0.25) is 0 Å². The summed E-state index contributed by atoms with van der Waals surface area (Å²) in [5.41, 5.74) is -1.28. The molecule has 1 N–H and O–H groups in total. The fraction of sp³-hybridized carbons (Fsp3) is 1.00. The lowest BCUT2D eigenvalue weighted by Gasteiger charge is -2.32. The van der Waals surface area contributed by atoms with Crippen LogP contribution in [0.15, 0.2) is 0 Å². The van der Waals surface area contributed by atoms with Crippen molar-refractivity contribution in [2.75, 3.05) is 13.1 Å². The van der Waals surface area contributed by atoms with Crippen molar-refractivity contribution in [2.24, 2.45) is 11.3 Å². The number of alkyl halides is 3. The maximum atomic E-state index is 12.7. The fourth-order valence-electron chi connectivity index (χ4n) is 2.43. The van der Waals surface area contributed by atoms with E-state index in [-0.39, 0.29) is 5.92 Å². The first kappa shape index (κ1) is 9.31. The van der Waals surface area contributed by atoms with Crippen LogP contribution in [0.1, 0.15) is 25.7 Å². The van der Waals surface area contributed by atoms with Crippen LogP contribution in [0.25, 0.3) is 0 Å². The second-order valence-corrected chi connectivity index (χ2v) is 4.18. The van der Waals surface area contributed by atoms with Crippen LogP contribution in [0.4, 0.5) is 13.2 Å². The first-order chi connectivity index (χ1) is 6.06. The van der Waals surface area contributed by atoms with Crippen molar-refractivity contribution in [3.05, 3.63) is 0 Å². The van der Waals surface area contributed by atoms with E-state index in [2.05, 4.69) is 5.32 Å². The van der Waals surface area contributed by atoms with Crippen LogP contribution in [0, 0.1) is 11.3 Å². The van der Waals surface area contributed by atoms with Crippen LogP contribution in [0.2, 0.25) is 0 Å². The van der Waals surface area contributed by atoms with Crippen LogP contribution in [-0.2, 0) is 0 Å². The standard InChI is InChI=1S/C9H14F3N/c10-9(11,12)8(3-4-8)7-1-5-13-6-2-7/h7,13H,1-6H2. The molecule has 0 amide bonds. The summed E-state index contributed by atoms with van der Waals surface area (Å²) in [7, 11) is 0. The molecule has 0 bridgehead atoms. The Hall–Kier alpha value is -0.250. The first-order valence-electron chi connectivity index (χ1n) is 4.84. The van der Waals surface area contributed by atoms with Crippen molar-refractivity contribution in [2.45, 2.75) is 31.9 Å². The highest BCUT2D eigenvalue weighted by atomic mass is 19.4. The summed E-state index contributed by atoms with van der Waals surface area (Å²) >= 11 is 0. The Morgan fingerprint density at radius 3 is 2.00 bits per heavy atom. The van der Waals surface area contributed by atoms with E-state index < -0.39 is 11.6 Å². The van der Waals surface area contributed by atoms with E-state index in [1.807, 2.05) is 0 Å². The summed E-state index contributed by atoms with van der Waals surface area (Å²) < 4.78 is 38.0. The number of hydrogen-bond acceptors (Lipinski definition) is 1. The molecular formula is C9H14F3N. The fourth-order valence-corrected chi connectivity index (χ4v) is 2.43. The molecule has 1 saturated carbocycles. The summed E-state index contributed by atoms with van der Waals surface area (Å²) in [5, 5.41) is 3.10. The van der Waals surface area contributed by atoms with Crippen LogP contribution in [-0.4, -0.2) is 19.3 Å². The van der Waals surface area contributed by atoms with Crippen molar-refractivity contribution < 1.29 is 13.2 Å². The molecule has 13 heavy (non-hydrogen) atoms. The van der Waals surface area contributed by atoms with Crippen LogP contribution >= 0.6 is 0 Å². The van der Waals surface area contributed by atoms with E-state index in [0.717, 1.165) is 13.1 Å². The van der Waals surface area contributed by atoms with Crippen LogP contribution in [0.5, 0.6) is 0 Å². The van der Waals surface area contributed by atoms with E-state index in [4.69, 9.17) is 0 Å². The Labute approximate surface area is 75.7 Å². The zero-order valence-corrected chi connectivity index (χ0v) is 7.45. The molecule has 76 valence electrons. The Morgan fingerprint density at radius 2 is 1.62 bits per heavy atom. The lowest BCUT2D eigenvalue weighted by atomic mass is 9.81. The largest absolute Gasteiger partial charge is 0.394 e. The van der Waals surface area contributed by atoms with Gasteiger partial charge < -0.3 is 5.32 Å². The van der Waals surface area contributed by atoms with Gasteiger partial charge >= 0.3 is 6.18 Å². The van der Waals surface area contributed by atoms with E-state index in [1.165, 1.54) is 0 Å². The number of piperidine rings is 1. The van der Waals surface area contributed by atoms with Gasteiger partial charge in [0.25, 0.3) is 0 Å². The average molecular weight is 193 g/mol. The molecule has 1 aliphatic heterocycles. The van der Waals surface area contributed by atoms with Crippen molar-refractivity contribution >= 4 is 0 Å². The molecule has 0 spiro atoms. The van der Waals surface area contributed by atoms with E-state index in [1.54, 1.807) is 0 Å². The predicted octanol–water partition coefficient (Wildman–Crippen LogP) is 2.33. The first-order valence-corrected chi connectivity index (χ1v) is 4.84. The highest BCUT2D eigenvalue weighted by Crippen LogP contribution is 2.64. The molecule has 0 unspecified atom stereocenters. The van der Waals surface area contributed by atoms with E-state index in [0.29, 0.717) is 25.7 Å². The molecule has 1 nitrogen and oxygen atoms in total. The molecule has 0 radical (unpaired) electrons. The molecule has 2 rings (SSSR count). The van der Waals surface area contributed by atoms with Gasteiger partial charge in [0.2, 0.25) is 0 Å².